The second kappa shape index (κ2) is 6.21. The third-order valence-corrected chi connectivity index (χ3v) is 3.71. The van der Waals surface area contributed by atoms with Crippen molar-refractivity contribution in [2.75, 3.05) is 13.1 Å². The predicted molar refractivity (Wildman–Crippen MR) is 70.2 cm³/mol. The van der Waals surface area contributed by atoms with Gasteiger partial charge in [0.05, 0.1) is 6.42 Å². The zero-order chi connectivity index (χ0) is 13.8. The van der Waals surface area contributed by atoms with Crippen LogP contribution in [0.3, 0.4) is 0 Å². The molecule has 1 aliphatic rings. The van der Waals surface area contributed by atoms with Crippen molar-refractivity contribution in [2.24, 2.45) is 11.3 Å². The SMILES string of the molecule is CC[C@@H]1CCCN(C(=O)CC(C)(C)CC(=O)O)C1. The summed E-state index contributed by atoms with van der Waals surface area (Å²) in [5.74, 6) is -0.109. The highest BCUT2D eigenvalue weighted by atomic mass is 16.4. The van der Waals surface area contributed by atoms with Gasteiger partial charge in [0.15, 0.2) is 0 Å². The molecule has 1 saturated heterocycles. The molecular formula is C14H25NO3. The largest absolute Gasteiger partial charge is 0.481 e. The van der Waals surface area contributed by atoms with E-state index in [9.17, 15) is 9.59 Å². The van der Waals surface area contributed by atoms with Crippen molar-refractivity contribution in [3.8, 4) is 0 Å². The maximum Gasteiger partial charge on any atom is 0.303 e. The van der Waals surface area contributed by atoms with E-state index < -0.39 is 11.4 Å². The summed E-state index contributed by atoms with van der Waals surface area (Å²) in [7, 11) is 0. The molecule has 1 amide bonds. The van der Waals surface area contributed by atoms with Crippen LogP contribution < -0.4 is 0 Å². The Labute approximate surface area is 109 Å². The lowest BCUT2D eigenvalue weighted by molar-refractivity contribution is -0.141. The van der Waals surface area contributed by atoms with Gasteiger partial charge in [-0.2, -0.15) is 0 Å². The number of rotatable bonds is 5. The second-order valence-corrected chi connectivity index (χ2v) is 6.17. The van der Waals surface area contributed by atoms with Gasteiger partial charge < -0.3 is 10.0 Å². The normalized spacial score (nSPS) is 20.8. The minimum absolute atomic E-state index is 0.0454. The first kappa shape index (κ1) is 15.0. The molecule has 1 atom stereocenters. The molecule has 1 N–H and O–H groups in total. The Kier molecular flexibility index (Phi) is 5.17. The predicted octanol–water partition coefficient (Wildman–Crippen LogP) is 2.53. The first-order valence-electron chi connectivity index (χ1n) is 6.83. The van der Waals surface area contributed by atoms with Crippen LogP contribution >= 0.6 is 0 Å². The van der Waals surface area contributed by atoms with E-state index in [4.69, 9.17) is 5.11 Å². The molecule has 0 unspecified atom stereocenters. The van der Waals surface area contributed by atoms with Crippen molar-refractivity contribution in [3.05, 3.63) is 0 Å². The van der Waals surface area contributed by atoms with Gasteiger partial charge in [-0.1, -0.05) is 27.2 Å². The quantitative estimate of drug-likeness (QED) is 0.821. The van der Waals surface area contributed by atoms with Crippen molar-refractivity contribution >= 4 is 11.9 Å². The Morgan fingerprint density at radius 3 is 2.56 bits per heavy atom. The number of amides is 1. The van der Waals surface area contributed by atoms with Crippen LogP contribution in [0.25, 0.3) is 0 Å². The number of likely N-dealkylation sites (tertiary alicyclic amines) is 1. The van der Waals surface area contributed by atoms with E-state index in [0.29, 0.717) is 12.3 Å². The molecule has 4 heteroatoms. The standard InChI is InChI=1S/C14H25NO3/c1-4-11-6-5-7-15(10-11)12(16)8-14(2,3)9-13(17)18/h11H,4-10H2,1-3H3,(H,17,18)/t11-/m1/s1. The molecule has 0 aromatic carbocycles. The highest BCUT2D eigenvalue weighted by Gasteiger charge is 2.29. The van der Waals surface area contributed by atoms with Gasteiger partial charge in [-0.05, 0) is 24.2 Å². The summed E-state index contributed by atoms with van der Waals surface area (Å²) >= 11 is 0. The Hall–Kier alpha value is -1.06. The summed E-state index contributed by atoms with van der Waals surface area (Å²) in [6, 6.07) is 0. The molecule has 1 heterocycles. The monoisotopic (exact) mass is 255 g/mol. The lowest BCUT2D eigenvalue weighted by atomic mass is 9.84. The minimum Gasteiger partial charge on any atom is -0.481 e. The highest BCUT2D eigenvalue weighted by molar-refractivity contribution is 5.78. The lowest BCUT2D eigenvalue weighted by Crippen LogP contribution is -2.41. The van der Waals surface area contributed by atoms with E-state index in [-0.39, 0.29) is 12.3 Å². The van der Waals surface area contributed by atoms with Gasteiger partial charge in [0, 0.05) is 19.5 Å². The molecule has 1 aliphatic heterocycles. The van der Waals surface area contributed by atoms with Gasteiger partial charge >= 0.3 is 5.97 Å². The summed E-state index contributed by atoms with van der Waals surface area (Å²) in [6.45, 7) is 7.53. The molecule has 4 nitrogen and oxygen atoms in total. The molecule has 1 rings (SSSR count). The van der Waals surface area contributed by atoms with Crippen LogP contribution in [-0.4, -0.2) is 35.0 Å². The zero-order valence-corrected chi connectivity index (χ0v) is 11.7. The smallest absolute Gasteiger partial charge is 0.303 e. The fourth-order valence-corrected chi connectivity index (χ4v) is 2.62. The van der Waals surface area contributed by atoms with Crippen molar-refractivity contribution in [2.45, 2.75) is 52.9 Å². The van der Waals surface area contributed by atoms with Gasteiger partial charge in [0.25, 0.3) is 0 Å². The van der Waals surface area contributed by atoms with E-state index >= 15 is 0 Å². The average Bonchev–Trinajstić information content (AvgIpc) is 2.26. The fourth-order valence-electron chi connectivity index (χ4n) is 2.62. The van der Waals surface area contributed by atoms with Crippen LogP contribution in [0.1, 0.15) is 52.9 Å². The molecule has 0 aromatic heterocycles. The Morgan fingerprint density at radius 1 is 1.33 bits per heavy atom. The number of piperidine rings is 1. The van der Waals surface area contributed by atoms with Gasteiger partial charge in [0.2, 0.25) is 5.91 Å². The van der Waals surface area contributed by atoms with Crippen molar-refractivity contribution in [3.63, 3.8) is 0 Å². The van der Waals surface area contributed by atoms with Gasteiger partial charge in [-0.25, -0.2) is 0 Å². The van der Waals surface area contributed by atoms with Gasteiger partial charge in [0.1, 0.15) is 0 Å². The molecule has 0 spiro atoms. The molecule has 0 bridgehead atoms. The van der Waals surface area contributed by atoms with Crippen LogP contribution in [-0.2, 0) is 9.59 Å². The number of carboxylic acid groups (broad SMARTS) is 1. The number of carboxylic acids is 1. The molecule has 0 radical (unpaired) electrons. The Bertz CT molecular complexity index is 312. The maximum absolute atomic E-state index is 12.2. The summed E-state index contributed by atoms with van der Waals surface area (Å²) in [4.78, 5) is 24.9. The molecule has 0 saturated carbocycles. The molecule has 0 aliphatic carbocycles. The average molecular weight is 255 g/mol. The van der Waals surface area contributed by atoms with Gasteiger partial charge in [-0.15, -0.1) is 0 Å². The number of nitrogens with zero attached hydrogens (tertiary/aromatic N) is 1. The summed E-state index contributed by atoms with van der Waals surface area (Å²) < 4.78 is 0. The molecule has 0 aromatic rings. The lowest BCUT2D eigenvalue weighted by Gasteiger charge is -2.34. The van der Waals surface area contributed by atoms with Crippen LogP contribution in [0.2, 0.25) is 0 Å². The van der Waals surface area contributed by atoms with E-state index in [2.05, 4.69) is 6.92 Å². The summed E-state index contributed by atoms with van der Waals surface area (Å²) in [5, 5.41) is 8.83. The number of carbonyl (C=O) groups excluding carboxylic acids is 1. The number of carbonyl (C=O) groups is 2. The fraction of sp³-hybridized carbons (Fsp3) is 0.857. The number of hydrogen-bond acceptors (Lipinski definition) is 2. The van der Waals surface area contributed by atoms with E-state index in [1.165, 1.54) is 6.42 Å². The van der Waals surface area contributed by atoms with E-state index in [1.807, 2.05) is 18.7 Å². The van der Waals surface area contributed by atoms with Crippen molar-refractivity contribution < 1.29 is 14.7 Å². The van der Waals surface area contributed by atoms with Gasteiger partial charge in [-0.3, -0.25) is 9.59 Å². The second-order valence-electron chi connectivity index (χ2n) is 6.17. The van der Waals surface area contributed by atoms with Crippen LogP contribution in [0.4, 0.5) is 0 Å². The molecule has 18 heavy (non-hydrogen) atoms. The highest BCUT2D eigenvalue weighted by Crippen LogP contribution is 2.28. The van der Waals surface area contributed by atoms with Crippen molar-refractivity contribution in [1.29, 1.82) is 0 Å². The summed E-state index contributed by atoms with van der Waals surface area (Å²) in [6.07, 6.45) is 3.77. The third kappa shape index (κ3) is 4.67. The molecular weight excluding hydrogens is 230 g/mol. The van der Waals surface area contributed by atoms with E-state index in [0.717, 1.165) is 25.9 Å². The first-order valence-corrected chi connectivity index (χ1v) is 6.83. The van der Waals surface area contributed by atoms with Crippen LogP contribution in [0.5, 0.6) is 0 Å². The zero-order valence-electron chi connectivity index (χ0n) is 11.7. The topological polar surface area (TPSA) is 57.6 Å². The Morgan fingerprint density at radius 2 is 2.00 bits per heavy atom. The molecule has 1 fully saturated rings. The maximum atomic E-state index is 12.2. The van der Waals surface area contributed by atoms with Crippen molar-refractivity contribution in [1.82, 2.24) is 4.90 Å². The Balaban J connectivity index is 2.51. The third-order valence-electron chi connectivity index (χ3n) is 3.71. The molecule has 104 valence electrons. The number of hydrogen-bond donors (Lipinski definition) is 1. The first-order chi connectivity index (χ1) is 8.34. The minimum atomic E-state index is -0.835. The summed E-state index contributed by atoms with van der Waals surface area (Å²) in [5.41, 5.74) is -0.456. The van der Waals surface area contributed by atoms with Crippen LogP contribution in [0, 0.1) is 11.3 Å². The van der Waals surface area contributed by atoms with E-state index in [1.54, 1.807) is 0 Å². The van der Waals surface area contributed by atoms with Crippen LogP contribution in [0.15, 0.2) is 0 Å². The number of aliphatic carboxylic acids is 1.